The number of aromatic nitrogens is 2. The molecule has 6 atom stereocenters. The summed E-state index contributed by atoms with van der Waals surface area (Å²) in [5.41, 5.74) is 5.80. The minimum Gasteiger partial charge on any atom is -0.461 e. The molecule has 2 bridgehead atoms. The lowest BCUT2D eigenvalue weighted by molar-refractivity contribution is -0.131. The molecule has 2 aromatic heterocycles. The normalized spacial score (nSPS) is 29.6. The number of fused-ring (bicyclic) bond motifs is 5. The van der Waals surface area contributed by atoms with Crippen molar-refractivity contribution in [3.05, 3.63) is 40.4 Å². The summed E-state index contributed by atoms with van der Waals surface area (Å²) in [6.45, 7) is 3.04. The van der Waals surface area contributed by atoms with Crippen LogP contribution >= 0.6 is 22.9 Å². The van der Waals surface area contributed by atoms with E-state index < -0.39 is 23.3 Å². The van der Waals surface area contributed by atoms with E-state index in [-0.39, 0.29) is 84.9 Å². The van der Waals surface area contributed by atoms with Crippen molar-refractivity contribution in [2.75, 3.05) is 50.0 Å². The smallest absolute Gasteiger partial charge is 0.319 e. The Labute approximate surface area is 306 Å². The number of thiophene rings is 1. The number of anilines is 2. The van der Waals surface area contributed by atoms with Gasteiger partial charge in [0.05, 0.1) is 20.8 Å². The van der Waals surface area contributed by atoms with Crippen LogP contribution in [0.3, 0.4) is 0 Å². The quantitative estimate of drug-likeness (QED) is 0.231. The number of alkyl halides is 1. The molecule has 4 aromatic rings. The average Bonchev–Trinajstić information content (AvgIpc) is 4.00. The molecule has 1 amide bonds. The van der Waals surface area contributed by atoms with Gasteiger partial charge in [-0.1, -0.05) is 17.7 Å². The van der Waals surface area contributed by atoms with Crippen LogP contribution in [0.1, 0.15) is 44.1 Å². The van der Waals surface area contributed by atoms with Crippen molar-refractivity contribution in [1.29, 1.82) is 5.26 Å². The molecule has 0 spiro atoms. The van der Waals surface area contributed by atoms with Gasteiger partial charge in [-0.25, -0.2) is 13.2 Å². The van der Waals surface area contributed by atoms with E-state index in [0.717, 1.165) is 37.1 Å². The average molecular weight is 749 g/mol. The largest absolute Gasteiger partial charge is 0.461 e. The van der Waals surface area contributed by atoms with E-state index in [9.17, 15) is 18.8 Å². The second kappa shape index (κ2) is 11.8. The molecular weight excluding hydrogens is 713 g/mol. The van der Waals surface area contributed by atoms with E-state index in [2.05, 4.69) is 20.1 Å². The first-order valence-electron chi connectivity index (χ1n) is 18.1. The van der Waals surface area contributed by atoms with Crippen LogP contribution in [0, 0.1) is 34.8 Å². The van der Waals surface area contributed by atoms with Gasteiger partial charge >= 0.3 is 6.01 Å². The maximum absolute atomic E-state index is 17.2. The fraction of sp³-hybridized carbons (Fsp3) is 0.514. The summed E-state index contributed by atoms with van der Waals surface area (Å²) in [7, 11) is 0. The van der Waals surface area contributed by atoms with Crippen LogP contribution in [0.5, 0.6) is 6.01 Å². The zero-order chi connectivity index (χ0) is 35.6. The number of likely N-dealkylation sites (tertiary alicyclic amines) is 1. The first-order valence-corrected chi connectivity index (χ1v) is 19.3. The van der Waals surface area contributed by atoms with E-state index in [1.165, 1.54) is 25.0 Å². The molecule has 52 heavy (non-hydrogen) atoms. The highest BCUT2D eigenvalue weighted by atomic mass is 35.5. The molecule has 10 rings (SSSR count). The van der Waals surface area contributed by atoms with Crippen molar-refractivity contribution >= 4 is 60.7 Å². The summed E-state index contributed by atoms with van der Waals surface area (Å²) in [4.78, 5) is 29.3. The standard InChI is InChI=1S/C37H36ClF3N8O2S/c38-24-9-22-30(28(41)27(24)21-4-5-25(40)32-26(21)23(11-42)33(43)52-32)45-36(51-16-37-6-1-7-48(37)14-19(39)10-37)46-34(22)47-12-17-8-20(15-47)49(13-17)35(50)31-29(44-31)18-2-3-18/h4-5,9,17-20,29,31,44H,1-3,6-8,10,12-16,43H2/t17?,19-,20?,29+,31-,37+/m1/s1. The zero-order valence-corrected chi connectivity index (χ0v) is 29.8. The molecule has 3 N–H and O–H groups in total. The van der Waals surface area contributed by atoms with Crippen molar-refractivity contribution < 1.29 is 22.7 Å². The Morgan fingerprint density at radius 2 is 2.06 bits per heavy atom. The highest BCUT2D eigenvalue weighted by Crippen LogP contribution is 2.47. The summed E-state index contributed by atoms with van der Waals surface area (Å²) < 4.78 is 53.2. The molecule has 270 valence electrons. The summed E-state index contributed by atoms with van der Waals surface area (Å²) >= 11 is 7.85. The number of hydrogen-bond acceptors (Lipinski definition) is 10. The number of hydrogen-bond donors (Lipinski definition) is 2. The first-order chi connectivity index (χ1) is 25.1. The molecule has 5 aliphatic heterocycles. The number of nitrogens with zero attached hydrogens (tertiary/aromatic N) is 6. The van der Waals surface area contributed by atoms with Crippen molar-refractivity contribution in [1.82, 2.24) is 25.1 Å². The van der Waals surface area contributed by atoms with E-state index in [1.807, 2.05) is 11.0 Å². The number of nitriles is 1. The number of nitrogens with one attached hydrogen (secondary N) is 1. The molecule has 15 heteroatoms. The molecule has 0 radical (unpaired) electrons. The number of amides is 1. The lowest BCUT2D eigenvalue weighted by atomic mass is 9.95. The van der Waals surface area contributed by atoms with Crippen LogP contribution in [0.25, 0.3) is 32.1 Å². The molecule has 6 aliphatic rings. The van der Waals surface area contributed by atoms with E-state index >= 15 is 4.39 Å². The zero-order valence-electron chi connectivity index (χ0n) is 28.2. The maximum atomic E-state index is 17.2. The molecule has 10 nitrogen and oxygen atoms in total. The van der Waals surface area contributed by atoms with Gasteiger partial charge < -0.3 is 20.3 Å². The molecule has 7 heterocycles. The van der Waals surface area contributed by atoms with Crippen LogP contribution in [0.15, 0.2) is 18.2 Å². The molecule has 5 saturated heterocycles. The number of nitrogens with two attached hydrogens (primary N) is 1. The highest BCUT2D eigenvalue weighted by Gasteiger charge is 2.54. The first kappa shape index (κ1) is 32.7. The SMILES string of the molecule is N#Cc1c(N)sc2c(F)ccc(-c3c(Cl)cc4c(N5CC6CC(C5)N(C(=O)[C@@H]5N[C@H]5C5CC5)C6)nc(OC[C@@]56CCCN5C[C@H](F)C6)nc4c3F)c12. The van der Waals surface area contributed by atoms with Crippen LogP contribution in [0.2, 0.25) is 5.02 Å². The second-order valence-corrected chi connectivity index (χ2v) is 17.0. The van der Waals surface area contributed by atoms with Crippen molar-refractivity contribution in [3.8, 4) is 23.2 Å². The van der Waals surface area contributed by atoms with Crippen molar-refractivity contribution in [3.63, 3.8) is 0 Å². The fourth-order valence-electron chi connectivity index (χ4n) is 9.69. The van der Waals surface area contributed by atoms with Crippen LogP contribution in [0.4, 0.5) is 24.0 Å². The Morgan fingerprint density at radius 1 is 1.21 bits per heavy atom. The van der Waals surface area contributed by atoms with Gasteiger partial charge in [-0.05, 0) is 68.2 Å². The molecule has 2 aromatic carbocycles. The van der Waals surface area contributed by atoms with E-state index in [1.54, 1.807) is 6.07 Å². The third-order valence-electron chi connectivity index (χ3n) is 12.3. The second-order valence-electron chi connectivity index (χ2n) is 15.5. The lowest BCUT2D eigenvalue weighted by Crippen LogP contribution is -2.46. The Bertz CT molecular complexity index is 2230. The summed E-state index contributed by atoms with van der Waals surface area (Å²) in [5, 5.41) is 14.0. The topological polar surface area (TPSA) is 134 Å². The fourth-order valence-corrected chi connectivity index (χ4v) is 10.9. The minimum atomic E-state index is -0.948. The van der Waals surface area contributed by atoms with Gasteiger partial charge in [-0.2, -0.15) is 15.2 Å². The number of halogens is 4. The number of carbonyl (C=O) groups excluding carboxylic acids is 1. The molecule has 1 aliphatic carbocycles. The summed E-state index contributed by atoms with van der Waals surface area (Å²) in [5.74, 6) is 0.0424. The van der Waals surface area contributed by atoms with Gasteiger partial charge in [0.2, 0.25) is 5.91 Å². The van der Waals surface area contributed by atoms with Gasteiger partial charge in [-0.3, -0.25) is 15.0 Å². The number of piperidine rings is 1. The van der Waals surface area contributed by atoms with Gasteiger partial charge in [0.15, 0.2) is 5.82 Å². The van der Waals surface area contributed by atoms with Gasteiger partial charge in [0.25, 0.3) is 0 Å². The van der Waals surface area contributed by atoms with Crippen LogP contribution < -0.4 is 20.7 Å². The van der Waals surface area contributed by atoms with Gasteiger partial charge in [0.1, 0.15) is 47.0 Å². The molecule has 6 fully saturated rings. The van der Waals surface area contributed by atoms with Crippen molar-refractivity contribution in [2.24, 2.45) is 11.8 Å². The Balaban J connectivity index is 1.06. The van der Waals surface area contributed by atoms with E-state index in [0.29, 0.717) is 49.7 Å². The van der Waals surface area contributed by atoms with Crippen molar-refractivity contribution in [2.45, 2.75) is 68.4 Å². The predicted molar refractivity (Wildman–Crippen MR) is 192 cm³/mol. The van der Waals surface area contributed by atoms with Gasteiger partial charge in [0, 0.05) is 61.0 Å². The van der Waals surface area contributed by atoms with Gasteiger partial charge in [-0.15, -0.1) is 11.3 Å². The summed E-state index contributed by atoms with van der Waals surface area (Å²) in [6, 6.07) is 6.37. The number of carbonyl (C=O) groups is 1. The summed E-state index contributed by atoms with van der Waals surface area (Å²) in [6.07, 6.45) is 4.35. The lowest BCUT2D eigenvalue weighted by Gasteiger charge is -2.34. The van der Waals surface area contributed by atoms with Crippen LogP contribution in [-0.2, 0) is 4.79 Å². The maximum Gasteiger partial charge on any atom is 0.319 e. The number of benzene rings is 2. The molecule has 2 unspecified atom stereocenters. The minimum absolute atomic E-state index is 0.0330. The number of ether oxygens (including phenoxy) is 1. The molecule has 1 saturated carbocycles. The Kier molecular flexibility index (Phi) is 7.43. The third-order valence-corrected chi connectivity index (χ3v) is 13.6. The third kappa shape index (κ3) is 5.06. The molecular formula is C37H36ClF3N8O2S. The van der Waals surface area contributed by atoms with Crippen LogP contribution in [-0.4, -0.2) is 94.8 Å². The number of nitrogen functional groups attached to an aromatic ring is 1. The predicted octanol–water partition coefficient (Wildman–Crippen LogP) is 5.64. The monoisotopic (exact) mass is 748 g/mol. The highest BCUT2D eigenvalue weighted by molar-refractivity contribution is 7.23. The number of rotatable bonds is 7. The Morgan fingerprint density at radius 3 is 2.87 bits per heavy atom. The Hall–Kier alpha value is -3.90. The van der Waals surface area contributed by atoms with E-state index in [4.69, 9.17) is 27.1 Å².